The van der Waals surface area contributed by atoms with Crippen LogP contribution >= 0.6 is 0 Å². The van der Waals surface area contributed by atoms with Gasteiger partial charge in [0.1, 0.15) is 0 Å². The van der Waals surface area contributed by atoms with Crippen molar-refractivity contribution in [2.75, 3.05) is 13.1 Å². The normalized spacial score (nSPS) is 23.4. The van der Waals surface area contributed by atoms with Crippen molar-refractivity contribution in [1.29, 1.82) is 0 Å². The van der Waals surface area contributed by atoms with Crippen molar-refractivity contribution >= 4 is 5.71 Å². The van der Waals surface area contributed by atoms with Crippen LogP contribution in [0.25, 0.3) is 0 Å². The van der Waals surface area contributed by atoms with Crippen LogP contribution in [0.3, 0.4) is 0 Å². The van der Waals surface area contributed by atoms with Crippen LogP contribution in [0.15, 0.2) is 16.8 Å². The Hall–Kier alpha value is -0.790. The van der Waals surface area contributed by atoms with E-state index in [2.05, 4.69) is 44.1 Å². The molecule has 14 heavy (non-hydrogen) atoms. The van der Waals surface area contributed by atoms with E-state index >= 15 is 0 Å². The average Bonchev–Trinajstić information content (AvgIpc) is 2.01. The van der Waals surface area contributed by atoms with Crippen LogP contribution in [0.5, 0.6) is 0 Å². The summed E-state index contributed by atoms with van der Waals surface area (Å²) in [5.41, 5.74) is 2.95. The van der Waals surface area contributed by atoms with Gasteiger partial charge < -0.3 is 5.32 Å². The van der Waals surface area contributed by atoms with Crippen molar-refractivity contribution in [3.05, 3.63) is 11.8 Å². The third-order valence-corrected chi connectivity index (χ3v) is 2.43. The summed E-state index contributed by atoms with van der Waals surface area (Å²) < 4.78 is 0. The van der Waals surface area contributed by atoms with Gasteiger partial charge in [0, 0.05) is 24.5 Å². The van der Waals surface area contributed by atoms with Crippen molar-refractivity contribution in [1.82, 2.24) is 5.32 Å². The standard InChI is InChI=1S/C12H22N2/c1-5-13-10-7-11(14-6-2)9-12(3,4)8-10/h7,13H,5-6,8-9H2,1-4H3. The number of aliphatic imine (C=N–C) groups is 1. The van der Waals surface area contributed by atoms with Gasteiger partial charge in [0.05, 0.1) is 0 Å². The van der Waals surface area contributed by atoms with Gasteiger partial charge in [-0.3, -0.25) is 4.99 Å². The second-order valence-electron chi connectivity index (χ2n) is 4.68. The number of allylic oxidation sites excluding steroid dienone is 2. The first kappa shape index (κ1) is 11.3. The molecule has 0 aromatic rings. The van der Waals surface area contributed by atoms with Crippen LogP contribution in [-0.2, 0) is 0 Å². The molecule has 0 aromatic heterocycles. The molecule has 2 nitrogen and oxygen atoms in total. The summed E-state index contributed by atoms with van der Waals surface area (Å²) in [6, 6.07) is 0. The fourth-order valence-electron chi connectivity index (χ4n) is 2.02. The molecular formula is C12H22N2. The molecule has 0 heterocycles. The minimum absolute atomic E-state index is 0.361. The minimum Gasteiger partial charge on any atom is -0.389 e. The molecule has 0 radical (unpaired) electrons. The van der Waals surface area contributed by atoms with Gasteiger partial charge in [-0.15, -0.1) is 0 Å². The van der Waals surface area contributed by atoms with Gasteiger partial charge in [-0.05, 0) is 38.2 Å². The summed E-state index contributed by atoms with van der Waals surface area (Å²) in [7, 11) is 0. The maximum Gasteiger partial charge on any atom is 0.0370 e. The van der Waals surface area contributed by atoms with E-state index in [1.165, 1.54) is 11.4 Å². The monoisotopic (exact) mass is 194 g/mol. The number of nitrogens with zero attached hydrogens (tertiary/aromatic N) is 1. The van der Waals surface area contributed by atoms with Crippen LogP contribution in [-0.4, -0.2) is 18.8 Å². The number of hydrogen-bond acceptors (Lipinski definition) is 2. The third-order valence-electron chi connectivity index (χ3n) is 2.43. The molecule has 80 valence electrons. The van der Waals surface area contributed by atoms with E-state index in [-0.39, 0.29) is 0 Å². The first-order valence-corrected chi connectivity index (χ1v) is 5.55. The van der Waals surface area contributed by atoms with Gasteiger partial charge in [-0.2, -0.15) is 0 Å². The van der Waals surface area contributed by atoms with E-state index in [9.17, 15) is 0 Å². The lowest BCUT2D eigenvalue weighted by molar-refractivity contribution is 0.363. The summed E-state index contributed by atoms with van der Waals surface area (Å²) in [6.45, 7) is 10.7. The predicted octanol–water partition coefficient (Wildman–Crippen LogP) is 2.76. The number of hydrogen-bond donors (Lipinski definition) is 1. The topological polar surface area (TPSA) is 24.4 Å². The Labute approximate surface area is 87.5 Å². The number of nitrogens with one attached hydrogen (secondary N) is 1. The second kappa shape index (κ2) is 4.63. The smallest absolute Gasteiger partial charge is 0.0370 e. The van der Waals surface area contributed by atoms with Gasteiger partial charge in [0.2, 0.25) is 0 Å². The Morgan fingerprint density at radius 3 is 2.64 bits per heavy atom. The van der Waals surface area contributed by atoms with E-state index < -0.39 is 0 Å². The first-order chi connectivity index (χ1) is 6.57. The average molecular weight is 194 g/mol. The Kier molecular flexibility index (Phi) is 3.73. The first-order valence-electron chi connectivity index (χ1n) is 5.55. The zero-order valence-electron chi connectivity index (χ0n) is 9.85. The molecule has 1 aliphatic rings. The van der Waals surface area contributed by atoms with E-state index in [4.69, 9.17) is 0 Å². The second-order valence-corrected chi connectivity index (χ2v) is 4.68. The van der Waals surface area contributed by atoms with E-state index in [0.717, 1.165) is 25.9 Å². The van der Waals surface area contributed by atoms with Gasteiger partial charge in [0.25, 0.3) is 0 Å². The van der Waals surface area contributed by atoms with Gasteiger partial charge >= 0.3 is 0 Å². The van der Waals surface area contributed by atoms with Crippen molar-refractivity contribution in [3.63, 3.8) is 0 Å². The quantitative estimate of drug-likeness (QED) is 0.734. The van der Waals surface area contributed by atoms with Crippen molar-refractivity contribution in [2.45, 2.75) is 40.5 Å². The third kappa shape index (κ3) is 3.17. The van der Waals surface area contributed by atoms with Crippen LogP contribution < -0.4 is 5.32 Å². The molecule has 0 spiro atoms. The highest BCUT2D eigenvalue weighted by Crippen LogP contribution is 2.32. The Morgan fingerprint density at radius 1 is 1.36 bits per heavy atom. The lowest BCUT2D eigenvalue weighted by Gasteiger charge is -2.30. The molecule has 0 amide bonds. The van der Waals surface area contributed by atoms with Crippen molar-refractivity contribution in [2.24, 2.45) is 10.4 Å². The maximum atomic E-state index is 4.51. The zero-order valence-corrected chi connectivity index (χ0v) is 9.85. The SMILES string of the molecule is CCN=C1C=C(NCC)CC(C)(C)C1. The molecule has 0 aromatic carbocycles. The molecule has 2 heteroatoms. The molecule has 0 unspecified atom stereocenters. The van der Waals surface area contributed by atoms with E-state index in [1.54, 1.807) is 0 Å². The van der Waals surface area contributed by atoms with Crippen molar-refractivity contribution < 1.29 is 0 Å². The Balaban J connectivity index is 2.80. The summed E-state index contributed by atoms with van der Waals surface area (Å²) in [5.74, 6) is 0. The largest absolute Gasteiger partial charge is 0.389 e. The molecule has 1 aliphatic carbocycles. The molecule has 1 N–H and O–H groups in total. The van der Waals surface area contributed by atoms with E-state index in [1.807, 2.05) is 0 Å². The van der Waals surface area contributed by atoms with Gasteiger partial charge in [-0.1, -0.05) is 13.8 Å². The molecule has 0 saturated carbocycles. The molecule has 0 fully saturated rings. The summed E-state index contributed by atoms with van der Waals surface area (Å²) in [6.07, 6.45) is 4.47. The molecular weight excluding hydrogens is 172 g/mol. The van der Waals surface area contributed by atoms with Crippen LogP contribution in [0, 0.1) is 5.41 Å². The summed E-state index contributed by atoms with van der Waals surface area (Å²) >= 11 is 0. The molecule has 0 saturated heterocycles. The zero-order chi connectivity index (χ0) is 10.6. The molecule has 0 atom stereocenters. The maximum absolute atomic E-state index is 4.51. The summed E-state index contributed by atoms with van der Waals surface area (Å²) in [4.78, 5) is 4.51. The Morgan fingerprint density at radius 2 is 2.07 bits per heavy atom. The minimum atomic E-state index is 0.361. The highest BCUT2D eigenvalue weighted by molar-refractivity contribution is 5.96. The Bertz CT molecular complexity index is 249. The van der Waals surface area contributed by atoms with Gasteiger partial charge in [-0.25, -0.2) is 0 Å². The lowest BCUT2D eigenvalue weighted by atomic mass is 9.78. The van der Waals surface area contributed by atoms with Crippen LogP contribution in [0.1, 0.15) is 40.5 Å². The molecule has 1 rings (SSSR count). The number of rotatable bonds is 3. The van der Waals surface area contributed by atoms with Gasteiger partial charge in [0.15, 0.2) is 0 Å². The fraction of sp³-hybridized carbons (Fsp3) is 0.750. The lowest BCUT2D eigenvalue weighted by Crippen LogP contribution is -2.28. The van der Waals surface area contributed by atoms with E-state index in [0.29, 0.717) is 5.41 Å². The fourth-order valence-corrected chi connectivity index (χ4v) is 2.02. The molecule has 0 bridgehead atoms. The molecule has 0 aliphatic heterocycles. The van der Waals surface area contributed by atoms with Crippen molar-refractivity contribution in [3.8, 4) is 0 Å². The van der Waals surface area contributed by atoms with Crippen LogP contribution in [0.4, 0.5) is 0 Å². The highest BCUT2D eigenvalue weighted by Gasteiger charge is 2.25. The summed E-state index contributed by atoms with van der Waals surface area (Å²) in [5, 5.41) is 3.41. The highest BCUT2D eigenvalue weighted by atomic mass is 14.9. The predicted molar refractivity (Wildman–Crippen MR) is 62.8 cm³/mol. The van der Waals surface area contributed by atoms with Crippen LogP contribution in [0.2, 0.25) is 0 Å².